The Labute approximate surface area is 149 Å². The Morgan fingerprint density at radius 2 is 1.30 bits per heavy atom. The highest BCUT2D eigenvalue weighted by Gasteiger charge is 2.17. The lowest BCUT2D eigenvalue weighted by molar-refractivity contribution is 0.229. The van der Waals surface area contributed by atoms with E-state index in [0.717, 1.165) is 43.6 Å². The van der Waals surface area contributed by atoms with Gasteiger partial charge in [-0.05, 0) is 32.6 Å². The lowest BCUT2D eigenvalue weighted by atomic mass is 10.2. The average Bonchev–Trinajstić information content (AvgIpc) is 2.51. The van der Waals surface area contributed by atoms with Gasteiger partial charge >= 0.3 is 16.5 Å². The molecule has 0 aliphatic carbocycles. The topological polar surface area (TPSA) is 82.1 Å². The minimum absolute atomic E-state index is 0.367. The van der Waals surface area contributed by atoms with Gasteiger partial charge in [-0.25, -0.2) is 0 Å². The van der Waals surface area contributed by atoms with Gasteiger partial charge < -0.3 is 0 Å². The third-order valence-corrected chi connectivity index (χ3v) is 6.55. The molecule has 0 saturated heterocycles. The van der Waals surface area contributed by atoms with Gasteiger partial charge in [-0.3, -0.25) is 0 Å². The van der Waals surface area contributed by atoms with Crippen LogP contribution in [0.1, 0.15) is 51.9 Å². The van der Waals surface area contributed by atoms with Crippen molar-refractivity contribution in [3.8, 4) is 0 Å². The summed E-state index contributed by atoms with van der Waals surface area (Å²) in [6, 6.07) is 0. The fourth-order valence-electron chi connectivity index (χ4n) is 1.60. The smallest absolute Gasteiger partial charge is 0.133 e. The van der Waals surface area contributed by atoms with E-state index >= 15 is 0 Å². The summed E-state index contributed by atoms with van der Waals surface area (Å²) in [5.41, 5.74) is 0. The zero-order chi connectivity index (χ0) is 17.2. The second-order valence-electron chi connectivity index (χ2n) is 4.66. The molecule has 10 heteroatoms. The summed E-state index contributed by atoms with van der Waals surface area (Å²) in [4.78, 5) is 8.44. The van der Waals surface area contributed by atoms with Crippen LogP contribution in [0.3, 0.4) is 0 Å². The van der Waals surface area contributed by atoms with Crippen LogP contribution in [0.5, 0.6) is 0 Å². The van der Waals surface area contributed by atoms with Crippen LogP contribution in [0, 0.1) is 0 Å². The van der Waals surface area contributed by atoms with Crippen LogP contribution in [-0.2, 0) is 22.7 Å². The third kappa shape index (κ3) is 20.7. The molecule has 0 radical (unpaired) electrons. The van der Waals surface area contributed by atoms with Crippen LogP contribution >= 0.6 is 38.1 Å². The van der Waals surface area contributed by atoms with Crippen LogP contribution in [0.4, 0.5) is 0 Å². The van der Waals surface area contributed by atoms with Crippen molar-refractivity contribution >= 4 is 38.1 Å². The van der Waals surface area contributed by atoms with Crippen LogP contribution in [0.15, 0.2) is 0 Å². The first-order chi connectivity index (χ1) is 11.2. The molecule has 0 aromatic carbocycles. The first-order valence-corrected chi connectivity index (χ1v) is 12.6. The van der Waals surface area contributed by atoms with Gasteiger partial charge in [0.25, 0.3) is 0 Å². The number of unbranched alkanes of at least 4 members (excludes halogenated alkanes) is 5. The Morgan fingerprint density at radius 1 is 0.783 bits per heavy atom. The van der Waals surface area contributed by atoms with E-state index in [-0.39, 0.29) is 0 Å². The molecule has 2 atom stereocenters. The molecule has 0 bridgehead atoms. The molecule has 23 heavy (non-hydrogen) atoms. The molecule has 0 heterocycles. The lowest BCUT2D eigenvalue weighted by Crippen LogP contribution is -1.90. The highest BCUT2D eigenvalue weighted by atomic mass is 33.1. The van der Waals surface area contributed by atoms with Crippen molar-refractivity contribution in [2.24, 2.45) is 0 Å². The van der Waals surface area contributed by atoms with Gasteiger partial charge in [-0.1, -0.05) is 40.9 Å². The summed E-state index contributed by atoms with van der Waals surface area (Å²) in [5, 5.41) is 0. The summed E-state index contributed by atoms with van der Waals surface area (Å²) in [5.74, 6) is 2.25. The molecule has 0 aliphatic heterocycles. The van der Waals surface area contributed by atoms with Crippen molar-refractivity contribution < 1.29 is 27.6 Å². The molecule has 0 rings (SSSR count). The summed E-state index contributed by atoms with van der Waals surface area (Å²) in [6.07, 6.45) is 7.34. The van der Waals surface area contributed by atoms with Gasteiger partial charge in [0.05, 0.1) is 0 Å². The molecule has 0 saturated carbocycles. The number of hydrogen-bond donors (Lipinski definition) is 1. The van der Waals surface area contributed by atoms with Gasteiger partial charge in [-0.2, -0.15) is 0 Å². The maximum atomic E-state index is 11.1. The lowest BCUT2D eigenvalue weighted by Gasteiger charge is -2.01. The summed E-state index contributed by atoms with van der Waals surface area (Å²) >= 11 is 0. The first-order valence-electron chi connectivity index (χ1n) is 7.93. The fraction of sp³-hybridized carbons (Fsp3) is 1.00. The van der Waals surface area contributed by atoms with E-state index in [1.165, 1.54) is 12.8 Å². The number of rotatable bonds is 18. The zero-order valence-electron chi connectivity index (χ0n) is 13.7. The van der Waals surface area contributed by atoms with Crippen LogP contribution in [0.25, 0.3) is 0 Å². The largest absolute Gasteiger partial charge is 0.697 e. The third-order valence-electron chi connectivity index (χ3n) is 2.71. The first kappa shape index (κ1) is 23.7. The summed E-state index contributed by atoms with van der Waals surface area (Å²) in [6.45, 7) is 3.08. The Kier molecular flexibility index (Phi) is 19.7. The molecule has 2 unspecified atom stereocenters. The van der Waals surface area contributed by atoms with Crippen molar-refractivity contribution in [1.82, 2.24) is 0 Å². The molecule has 0 fully saturated rings. The molecule has 6 nitrogen and oxygen atoms in total. The van der Waals surface area contributed by atoms with Crippen molar-refractivity contribution in [3.63, 3.8) is 0 Å². The highest BCUT2D eigenvalue weighted by molar-refractivity contribution is 8.76. The van der Waals surface area contributed by atoms with Gasteiger partial charge in [0.15, 0.2) is 0 Å². The average molecular weight is 406 g/mol. The van der Waals surface area contributed by atoms with Crippen molar-refractivity contribution in [1.29, 1.82) is 0 Å². The number of hydrogen-bond acceptors (Lipinski definition) is 7. The normalized spacial score (nSPS) is 12.4. The zero-order valence-corrected chi connectivity index (χ0v) is 17.1. The molecule has 1 N–H and O–H groups in total. The standard InChI is InChI=1S/C13H27O6P2S2/c1-2-17-21(16)19-11-6-3-4-8-12-22-23-13-9-5-7-10-18-20(14)15/h2-13H2,1H3/q+1/p+1. The second kappa shape index (κ2) is 19.1. The van der Waals surface area contributed by atoms with Gasteiger partial charge in [0, 0.05) is 20.6 Å². The van der Waals surface area contributed by atoms with Crippen LogP contribution in [-0.4, -0.2) is 36.2 Å². The highest BCUT2D eigenvalue weighted by Crippen LogP contribution is 2.25. The van der Waals surface area contributed by atoms with E-state index in [0.29, 0.717) is 19.8 Å². The molecule has 0 spiro atoms. The summed E-state index contributed by atoms with van der Waals surface area (Å²) in [7, 11) is -0.569. The minimum atomic E-state index is -2.43. The molecule has 0 aliphatic rings. The van der Waals surface area contributed by atoms with Crippen LogP contribution in [0.2, 0.25) is 0 Å². The van der Waals surface area contributed by atoms with E-state index in [1.54, 1.807) is 6.92 Å². The van der Waals surface area contributed by atoms with Crippen LogP contribution < -0.4 is 0 Å². The van der Waals surface area contributed by atoms with Crippen molar-refractivity contribution in [2.45, 2.75) is 51.9 Å². The Balaban J connectivity index is 3.05. The Hall–Kier alpha value is 0.740. The predicted molar refractivity (Wildman–Crippen MR) is 98.2 cm³/mol. The van der Waals surface area contributed by atoms with E-state index < -0.39 is 16.5 Å². The van der Waals surface area contributed by atoms with E-state index in [4.69, 9.17) is 13.9 Å². The molecule has 0 aromatic rings. The fourth-order valence-corrected chi connectivity index (χ4v) is 4.74. The maximum absolute atomic E-state index is 11.1. The monoisotopic (exact) mass is 406 g/mol. The Bertz CT molecular complexity index is 310. The van der Waals surface area contributed by atoms with Gasteiger partial charge in [-0.15, -0.1) is 18.5 Å². The quantitative estimate of drug-likeness (QED) is 0.182. The Morgan fingerprint density at radius 3 is 1.87 bits per heavy atom. The van der Waals surface area contributed by atoms with Crippen molar-refractivity contribution in [3.05, 3.63) is 0 Å². The second-order valence-corrected chi connectivity index (χ2v) is 9.06. The molecule has 136 valence electrons. The van der Waals surface area contributed by atoms with E-state index in [1.807, 2.05) is 21.6 Å². The van der Waals surface area contributed by atoms with Gasteiger partial charge in [0.2, 0.25) is 0 Å². The summed E-state index contributed by atoms with van der Waals surface area (Å²) < 4.78 is 35.8. The SMILES string of the molecule is CCO[P+](=O)OCCCCCCSSCCCCCO[P+](=O)O. The molecular formula is C13H28O6P2S2+2. The van der Waals surface area contributed by atoms with E-state index in [2.05, 4.69) is 4.52 Å². The van der Waals surface area contributed by atoms with Crippen molar-refractivity contribution in [2.75, 3.05) is 31.3 Å². The molecular weight excluding hydrogens is 378 g/mol. The minimum Gasteiger partial charge on any atom is -0.133 e. The molecule has 0 aromatic heterocycles. The predicted octanol–water partition coefficient (Wildman–Crippen LogP) is 5.48. The molecule has 0 amide bonds. The maximum Gasteiger partial charge on any atom is 0.697 e. The van der Waals surface area contributed by atoms with E-state index in [9.17, 15) is 9.13 Å². The van der Waals surface area contributed by atoms with Gasteiger partial charge in [0.1, 0.15) is 19.8 Å².